The second kappa shape index (κ2) is 6.09. The molecule has 0 unspecified atom stereocenters. The lowest BCUT2D eigenvalue weighted by Gasteiger charge is -1.94. The molecule has 0 radical (unpaired) electrons. The highest BCUT2D eigenvalue weighted by molar-refractivity contribution is 7.16. The molecule has 0 saturated carbocycles. The van der Waals surface area contributed by atoms with Gasteiger partial charge < -0.3 is 10.1 Å². The van der Waals surface area contributed by atoms with Gasteiger partial charge in [-0.2, -0.15) is 0 Å². The second-order valence-electron chi connectivity index (χ2n) is 3.43. The van der Waals surface area contributed by atoms with Gasteiger partial charge in [-0.1, -0.05) is 0 Å². The van der Waals surface area contributed by atoms with Crippen molar-refractivity contribution in [1.29, 1.82) is 0 Å². The number of aromatic nitrogens is 2. The maximum atomic E-state index is 5.04. The molecule has 2 rings (SSSR count). The first-order valence-corrected chi connectivity index (χ1v) is 7.16. The van der Waals surface area contributed by atoms with Crippen molar-refractivity contribution in [3.05, 3.63) is 16.6 Å². The van der Waals surface area contributed by atoms with Gasteiger partial charge in [0.2, 0.25) is 0 Å². The number of hydrogen-bond donors (Lipinski definition) is 1. The van der Waals surface area contributed by atoms with E-state index in [2.05, 4.69) is 27.6 Å². The molecule has 0 aromatic carbocycles. The summed E-state index contributed by atoms with van der Waals surface area (Å²) >= 11 is 3.31. The molecule has 2 heterocycles. The highest BCUT2D eigenvalue weighted by Gasteiger charge is 2.08. The minimum absolute atomic E-state index is 0.715. The predicted octanol–water partition coefficient (Wildman–Crippen LogP) is 2.89. The molecule has 92 valence electrons. The van der Waals surface area contributed by atoms with Crippen LogP contribution in [0.4, 0.5) is 5.13 Å². The molecule has 0 spiro atoms. The molecule has 4 nitrogen and oxygen atoms in total. The van der Waals surface area contributed by atoms with Gasteiger partial charge in [-0.15, -0.1) is 22.7 Å². The molecule has 1 N–H and O–H groups in total. The Morgan fingerprint density at radius 2 is 2.35 bits per heavy atom. The monoisotopic (exact) mass is 269 g/mol. The number of anilines is 1. The third-order valence-corrected chi connectivity index (χ3v) is 4.04. The van der Waals surface area contributed by atoms with Crippen LogP contribution in [0.5, 0.6) is 0 Å². The lowest BCUT2D eigenvalue weighted by Crippen LogP contribution is -1.94. The first-order valence-electron chi connectivity index (χ1n) is 5.47. The Balaban J connectivity index is 2.07. The number of methoxy groups -OCH3 is 1. The van der Waals surface area contributed by atoms with E-state index in [9.17, 15) is 0 Å². The van der Waals surface area contributed by atoms with Crippen molar-refractivity contribution < 1.29 is 4.74 Å². The molecule has 0 bridgehead atoms. The predicted molar refractivity (Wildman–Crippen MR) is 73.0 cm³/mol. The van der Waals surface area contributed by atoms with E-state index in [1.54, 1.807) is 29.8 Å². The molecular formula is C11H15N3OS2. The number of nitrogens with zero attached hydrogens (tertiary/aromatic N) is 2. The third-order valence-electron chi connectivity index (χ3n) is 2.16. The summed E-state index contributed by atoms with van der Waals surface area (Å²) in [7, 11) is 1.71. The molecule has 0 atom stereocenters. The van der Waals surface area contributed by atoms with Gasteiger partial charge >= 0.3 is 0 Å². The average Bonchev–Trinajstić information content (AvgIpc) is 2.95. The minimum atomic E-state index is 0.715. The van der Waals surface area contributed by atoms with Crippen molar-refractivity contribution in [3.63, 3.8) is 0 Å². The Kier molecular flexibility index (Phi) is 4.47. The zero-order valence-electron chi connectivity index (χ0n) is 9.90. The number of ether oxygens (including phenoxy) is 1. The highest BCUT2D eigenvalue weighted by atomic mass is 32.1. The van der Waals surface area contributed by atoms with Gasteiger partial charge in [0.05, 0.1) is 22.2 Å². The van der Waals surface area contributed by atoms with E-state index in [1.807, 2.05) is 6.20 Å². The summed E-state index contributed by atoms with van der Waals surface area (Å²) in [4.78, 5) is 10.0. The van der Waals surface area contributed by atoms with Crippen molar-refractivity contribution in [2.45, 2.75) is 13.3 Å². The van der Waals surface area contributed by atoms with Gasteiger partial charge in [-0.05, 0) is 6.92 Å². The Morgan fingerprint density at radius 3 is 3.12 bits per heavy atom. The van der Waals surface area contributed by atoms with Crippen molar-refractivity contribution in [3.8, 4) is 10.6 Å². The normalized spacial score (nSPS) is 10.7. The van der Waals surface area contributed by atoms with Gasteiger partial charge in [0.25, 0.3) is 0 Å². The quantitative estimate of drug-likeness (QED) is 0.876. The molecule has 2 aromatic rings. The van der Waals surface area contributed by atoms with E-state index in [4.69, 9.17) is 4.74 Å². The van der Waals surface area contributed by atoms with Gasteiger partial charge in [-0.3, -0.25) is 0 Å². The molecule has 0 aliphatic carbocycles. The molecule has 17 heavy (non-hydrogen) atoms. The number of rotatable bonds is 6. The van der Waals surface area contributed by atoms with E-state index in [0.717, 1.165) is 33.7 Å². The summed E-state index contributed by atoms with van der Waals surface area (Å²) in [5, 5.41) is 7.34. The fourth-order valence-electron chi connectivity index (χ4n) is 1.35. The van der Waals surface area contributed by atoms with Crippen LogP contribution >= 0.6 is 22.7 Å². The first kappa shape index (κ1) is 12.5. The molecule has 2 aromatic heterocycles. The summed E-state index contributed by atoms with van der Waals surface area (Å²) < 4.78 is 5.04. The van der Waals surface area contributed by atoms with E-state index in [0.29, 0.717) is 6.61 Å². The van der Waals surface area contributed by atoms with Crippen LogP contribution in [0.1, 0.15) is 11.9 Å². The number of thiazole rings is 2. The van der Waals surface area contributed by atoms with Crippen molar-refractivity contribution in [2.75, 3.05) is 25.6 Å². The smallest absolute Gasteiger partial charge is 0.183 e. The van der Waals surface area contributed by atoms with Gasteiger partial charge in [0.15, 0.2) is 5.13 Å². The van der Waals surface area contributed by atoms with Crippen LogP contribution in [0, 0.1) is 0 Å². The molecule has 6 heteroatoms. The molecule has 0 saturated heterocycles. The second-order valence-corrected chi connectivity index (χ2v) is 5.40. The molecule has 0 amide bonds. The third kappa shape index (κ3) is 3.24. The summed E-state index contributed by atoms with van der Waals surface area (Å²) in [6.07, 6.45) is 2.76. The maximum Gasteiger partial charge on any atom is 0.183 e. The topological polar surface area (TPSA) is 47.0 Å². The van der Waals surface area contributed by atoms with Crippen molar-refractivity contribution in [2.24, 2.45) is 0 Å². The van der Waals surface area contributed by atoms with Crippen LogP contribution in [-0.4, -0.2) is 30.2 Å². The zero-order valence-corrected chi connectivity index (χ0v) is 11.5. The van der Waals surface area contributed by atoms with Crippen LogP contribution in [0.2, 0.25) is 0 Å². The van der Waals surface area contributed by atoms with Crippen LogP contribution in [-0.2, 0) is 11.2 Å². The van der Waals surface area contributed by atoms with Gasteiger partial charge in [0, 0.05) is 31.7 Å². The van der Waals surface area contributed by atoms with Crippen LogP contribution < -0.4 is 5.32 Å². The minimum Gasteiger partial charge on any atom is -0.384 e. The zero-order chi connectivity index (χ0) is 12.1. The largest absolute Gasteiger partial charge is 0.384 e. The maximum absolute atomic E-state index is 5.04. The molecule has 0 fully saturated rings. The molecule has 0 aliphatic heterocycles. The van der Waals surface area contributed by atoms with Crippen LogP contribution in [0.15, 0.2) is 11.6 Å². The fraction of sp³-hybridized carbons (Fsp3) is 0.455. The average molecular weight is 269 g/mol. The Labute approximate surface area is 109 Å². The van der Waals surface area contributed by atoms with E-state index in [-0.39, 0.29) is 0 Å². The van der Waals surface area contributed by atoms with Crippen molar-refractivity contribution in [1.82, 2.24) is 9.97 Å². The van der Waals surface area contributed by atoms with Gasteiger partial charge in [-0.25, -0.2) is 9.97 Å². The standard InChI is InChI=1S/C11H15N3OS2/c1-3-12-11-14-8(7-16-11)9-6-13-10(17-9)4-5-15-2/h6-7H,3-5H2,1-2H3,(H,12,14). The van der Waals surface area contributed by atoms with Crippen LogP contribution in [0.3, 0.4) is 0 Å². The number of hydrogen-bond acceptors (Lipinski definition) is 6. The van der Waals surface area contributed by atoms with Gasteiger partial charge in [0.1, 0.15) is 0 Å². The Morgan fingerprint density at radius 1 is 1.47 bits per heavy atom. The SMILES string of the molecule is CCNc1nc(-c2cnc(CCOC)s2)cs1. The summed E-state index contributed by atoms with van der Waals surface area (Å²) in [5.74, 6) is 0. The Hall–Kier alpha value is -0.980. The lowest BCUT2D eigenvalue weighted by molar-refractivity contribution is 0.202. The fourth-order valence-corrected chi connectivity index (χ4v) is 3.07. The van der Waals surface area contributed by atoms with Crippen LogP contribution in [0.25, 0.3) is 10.6 Å². The Bertz CT molecular complexity index is 467. The molecule has 0 aliphatic rings. The summed E-state index contributed by atoms with van der Waals surface area (Å²) in [6, 6.07) is 0. The van der Waals surface area contributed by atoms with Crippen molar-refractivity contribution >= 4 is 27.8 Å². The lowest BCUT2D eigenvalue weighted by atomic mass is 10.4. The highest BCUT2D eigenvalue weighted by Crippen LogP contribution is 2.29. The first-order chi connectivity index (χ1) is 8.33. The summed E-state index contributed by atoms with van der Waals surface area (Å²) in [5.41, 5.74) is 1.01. The van der Waals surface area contributed by atoms with E-state index < -0.39 is 0 Å². The van der Waals surface area contributed by atoms with E-state index >= 15 is 0 Å². The number of nitrogens with one attached hydrogen (secondary N) is 1. The molecular weight excluding hydrogens is 254 g/mol. The van der Waals surface area contributed by atoms with E-state index in [1.165, 1.54) is 0 Å². The summed E-state index contributed by atoms with van der Waals surface area (Å²) in [6.45, 7) is 3.68.